The Bertz CT molecular complexity index is 670. The lowest BCUT2D eigenvalue weighted by atomic mass is 9.90. The third-order valence-electron chi connectivity index (χ3n) is 4.57. The standard InChI is InChI=1S/C15H22FN3O3S/c1-2-23(20,21)19-8-4-6-15(11-19)9-12(10-22-15)18-14-13(16)5-3-7-17-14/h3,5,7,12H,2,4,6,8-11H2,1H3,(H,17,18). The zero-order valence-corrected chi connectivity index (χ0v) is 14.0. The molecule has 2 saturated heterocycles. The molecule has 6 nitrogen and oxygen atoms in total. The van der Waals surface area contributed by atoms with Gasteiger partial charge in [0.2, 0.25) is 10.0 Å². The third kappa shape index (κ3) is 3.49. The first-order valence-electron chi connectivity index (χ1n) is 7.93. The lowest BCUT2D eigenvalue weighted by Gasteiger charge is -2.38. The first-order valence-corrected chi connectivity index (χ1v) is 9.54. The van der Waals surface area contributed by atoms with Crippen LogP contribution in [-0.2, 0) is 14.8 Å². The second-order valence-electron chi connectivity index (χ2n) is 6.21. The number of sulfonamides is 1. The van der Waals surface area contributed by atoms with Crippen LogP contribution in [0.25, 0.3) is 0 Å². The van der Waals surface area contributed by atoms with Gasteiger partial charge in [-0.25, -0.2) is 17.8 Å². The zero-order valence-electron chi connectivity index (χ0n) is 13.2. The number of piperidine rings is 1. The molecule has 128 valence electrons. The van der Waals surface area contributed by atoms with Crippen molar-refractivity contribution in [2.75, 3.05) is 30.8 Å². The summed E-state index contributed by atoms with van der Waals surface area (Å²) in [6.45, 7) is 3.01. The van der Waals surface area contributed by atoms with Gasteiger partial charge in [0.25, 0.3) is 0 Å². The minimum absolute atomic E-state index is 0.0660. The molecule has 1 aromatic rings. The summed E-state index contributed by atoms with van der Waals surface area (Å²) in [6, 6.07) is 2.84. The maximum absolute atomic E-state index is 13.7. The van der Waals surface area contributed by atoms with Crippen molar-refractivity contribution in [1.29, 1.82) is 0 Å². The van der Waals surface area contributed by atoms with E-state index in [-0.39, 0.29) is 17.6 Å². The van der Waals surface area contributed by atoms with Gasteiger partial charge in [-0.3, -0.25) is 0 Å². The van der Waals surface area contributed by atoms with Crippen LogP contribution in [0.1, 0.15) is 26.2 Å². The number of anilines is 1. The van der Waals surface area contributed by atoms with Gasteiger partial charge >= 0.3 is 0 Å². The Hall–Kier alpha value is -1.25. The van der Waals surface area contributed by atoms with Gasteiger partial charge in [0.1, 0.15) is 0 Å². The third-order valence-corrected chi connectivity index (χ3v) is 6.40. The molecule has 1 spiro atoms. The van der Waals surface area contributed by atoms with E-state index in [4.69, 9.17) is 4.74 Å². The molecule has 0 bridgehead atoms. The molecule has 1 N–H and O–H groups in total. The molecule has 2 aliphatic rings. The number of rotatable bonds is 4. The molecule has 3 rings (SSSR count). The van der Waals surface area contributed by atoms with Gasteiger partial charge < -0.3 is 10.1 Å². The molecule has 23 heavy (non-hydrogen) atoms. The van der Waals surface area contributed by atoms with Crippen LogP contribution < -0.4 is 5.32 Å². The van der Waals surface area contributed by atoms with Crippen molar-refractivity contribution in [3.63, 3.8) is 0 Å². The van der Waals surface area contributed by atoms with Gasteiger partial charge in [0, 0.05) is 25.7 Å². The Kier molecular flexibility index (Phi) is 4.57. The molecule has 0 amide bonds. The Balaban J connectivity index is 1.67. The topological polar surface area (TPSA) is 71.5 Å². The van der Waals surface area contributed by atoms with E-state index in [0.717, 1.165) is 12.8 Å². The first-order chi connectivity index (χ1) is 10.9. The number of hydrogen-bond donors (Lipinski definition) is 1. The Morgan fingerprint density at radius 1 is 1.57 bits per heavy atom. The zero-order chi connectivity index (χ0) is 16.5. The van der Waals surface area contributed by atoms with Crippen LogP contribution in [0.4, 0.5) is 10.2 Å². The van der Waals surface area contributed by atoms with E-state index in [1.54, 1.807) is 13.0 Å². The molecular formula is C15H22FN3O3S. The largest absolute Gasteiger partial charge is 0.371 e. The molecule has 2 atom stereocenters. The van der Waals surface area contributed by atoms with E-state index in [9.17, 15) is 12.8 Å². The predicted molar refractivity (Wildman–Crippen MR) is 85.2 cm³/mol. The average molecular weight is 343 g/mol. The fraction of sp³-hybridized carbons (Fsp3) is 0.667. The van der Waals surface area contributed by atoms with Gasteiger partial charge in [-0.15, -0.1) is 0 Å². The van der Waals surface area contributed by atoms with Crippen molar-refractivity contribution < 1.29 is 17.5 Å². The summed E-state index contributed by atoms with van der Waals surface area (Å²) in [5.41, 5.74) is -0.469. The van der Waals surface area contributed by atoms with E-state index < -0.39 is 21.4 Å². The molecule has 0 radical (unpaired) electrons. The van der Waals surface area contributed by atoms with Crippen molar-refractivity contribution in [3.05, 3.63) is 24.1 Å². The van der Waals surface area contributed by atoms with Gasteiger partial charge in [-0.05, 0) is 31.9 Å². The Morgan fingerprint density at radius 3 is 3.13 bits per heavy atom. The Labute approximate surface area is 136 Å². The van der Waals surface area contributed by atoms with Crippen molar-refractivity contribution in [3.8, 4) is 0 Å². The van der Waals surface area contributed by atoms with E-state index in [0.29, 0.717) is 26.1 Å². The first kappa shape index (κ1) is 16.6. The van der Waals surface area contributed by atoms with Gasteiger partial charge in [-0.2, -0.15) is 4.31 Å². The molecule has 0 aromatic carbocycles. The van der Waals surface area contributed by atoms with E-state index in [1.807, 2.05) is 0 Å². The highest BCUT2D eigenvalue weighted by molar-refractivity contribution is 7.89. The van der Waals surface area contributed by atoms with E-state index in [1.165, 1.54) is 16.6 Å². The summed E-state index contributed by atoms with van der Waals surface area (Å²) in [5, 5.41) is 3.07. The van der Waals surface area contributed by atoms with Crippen LogP contribution in [0.15, 0.2) is 18.3 Å². The maximum atomic E-state index is 13.7. The van der Waals surface area contributed by atoms with E-state index >= 15 is 0 Å². The molecule has 2 unspecified atom stereocenters. The minimum atomic E-state index is -3.21. The molecule has 2 fully saturated rings. The summed E-state index contributed by atoms with van der Waals surface area (Å²) in [7, 11) is -3.21. The molecule has 8 heteroatoms. The molecular weight excluding hydrogens is 321 g/mol. The fourth-order valence-corrected chi connectivity index (χ4v) is 4.59. The highest BCUT2D eigenvalue weighted by Crippen LogP contribution is 2.36. The highest BCUT2D eigenvalue weighted by atomic mass is 32.2. The molecule has 1 aromatic heterocycles. The quantitative estimate of drug-likeness (QED) is 0.899. The normalized spacial score (nSPS) is 29.0. The van der Waals surface area contributed by atoms with Crippen LogP contribution in [0, 0.1) is 5.82 Å². The number of ether oxygens (including phenoxy) is 1. The number of aromatic nitrogens is 1. The van der Waals surface area contributed by atoms with Crippen molar-refractivity contribution >= 4 is 15.8 Å². The molecule has 0 aliphatic carbocycles. The number of nitrogens with zero attached hydrogens (tertiary/aromatic N) is 2. The van der Waals surface area contributed by atoms with Crippen LogP contribution >= 0.6 is 0 Å². The molecule has 3 heterocycles. The summed E-state index contributed by atoms with van der Waals surface area (Å²) < 4.78 is 45.4. The lowest BCUT2D eigenvalue weighted by molar-refractivity contribution is -0.0329. The minimum Gasteiger partial charge on any atom is -0.371 e. The highest BCUT2D eigenvalue weighted by Gasteiger charge is 2.45. The SMILES string of the molecule is CCS(=O)(=O)N1CCCC2(CC(Nc3ncccc3F)CO2)C1. The van der Waals surface area contributed by atoms with Gasteiger partial charge in [0.15, 0.2) is 11.6 Å². The van der Waals surface area contributed by atoms with Gasteiger partial charge in [0.05, 0.1) is 24.0 Å². The number of hydrogen-bond acceptors (Lipinski definition) is 5. The number of nitrogens with one attached hydrogen (secondary N) is 1. The summed E-state index contributed by atoms with van der Waals surface area (Å²) >= 11 is 0. The van der Waals surface area contributed by atoms with Crippen LogP contribution in [0.5, 0.6) is 0 Å². The summed E-state index contributed by atoms with van der Waals surface area (Å²) in [5.74, 6) is -0.0801. The number of pyridine rings is 1. The van der Waals surface area contributed by atoms with Crippen molar-refractivity contribution in [2.24, 2.45) is 0 Å². The smallest absolute Gasteiger partial charge is 0.213 e. The lowest BCUT2D eigenvalue weighted by Crippen LogP contribution is -2.50. The monoisotopic (exact) mass is 343 g/mol. The van der Waals surface area contributed by atoms with Crippen molar-refractivity contribution in [2.45, 2.75) is 37.8 Å². The Morgan fingerprint density at radius 2 is 2.39 bits per heavy atom. The molecule has 2 aliphatic heterocycles. The van der Waals surface area contributed by atoms with E-state index in [2.05, 4.69) is 10.3 Å². The maximum Gasteiger partial charge on any atom is 0.213 e. The van der Waals surface area contributed by atoms with Crippen LogP contribution in [0.2, 0.25) is 0 Å². The second-order valence-corrected chi connectivity index (χ2v) is 8.47. The van der Waals surface area contributed by atoms with Crippen molar-refractivity contribution in [1.82, 2.24) is 9.29 Å². The summed E-state index contributed by atoms with van der Waals surface area (Å²) in [6.07, 6.45) is 3.79. The fourth-order valence-electron chi connectivity index (χ4n) is 3.38. The predicted octanol–water partition coefficient (Wildman–Crippen LogP) is 1.61. The van der Waals surface area contributed by atoms with Crippen LogP contribution in [-0.4, -0.2) is 54.8 Å². The number of halogens is 1. The molecule has 0 saturated carbocycles. The average Bonchev–Trinajstić information content (AvgIpc) is 2.92. The van der Waals surface area contributed by atoms with Crippen LogP contribution in [0.3, 0.4) is 0 Å². The van der Waals surface area contributed by atoms with Gasteiger partial charge in [-0.1, -0.05) is 0 Å². The summed E-state index contributed by atoms with van der Waals surface area (Å²) in [4.78, 5) is 3.99. The second kappa shape index (κ2) is 6.33.